The maximum absolute atomic E-state index is 13.9. The summed E-state index contributed by atoms with van der Waals surface area (Å²) in [4.78, 5) is 19.7. The predicted octanol–water partition coefficient (Wildman–Crippen LogP) is 5.30. The minimum absolute atomic E-state index is 0.187. The number of carboxylic acid groups (broad SMARTS) is 1. The second-order valence-electron chi connectivity index (χ2n) is 6.69. The maximum Gasteiger partial charge on any atom is 0.335 e. The topological polar surface area (TPSA) is 84.3 Å². The van der Waals surface area contributed by atoms with Gasteiger partial charge in [0.15, 0.2) is 0 Å². The van der Waals surface area contributed by atoms with E-state index in [9.17, 15) is 9.18 Å². The van der Waals surface area contributed by atoms with E-state index in [1.54, 1.807) is 30.5 Å². The molecule has 154 valence electrons. The summed E-state index contributed by atoms with van der Waals surface area (Å²) < 4.78 is 19.8. The van der Waals surface area contributed by atoms with Crippen LogP contribution >= 0.6 is 0 Å². The normalized spacial score (nSPS) is 10.5. The number of hydrogen-bond donors (Lipinski definition) is 2. The SMILES string of the molecule is O=C(O)c1ccc(Nc2nccc(-c3ccc(F)cc3OCc3ccccc3)n2)cc1. The van der Waals surface area contributed by atoms with Gasteiger partial charge in [-0.3, -0.25) is 0 Å². The molecule has 0 saturated carbocycles. The van der Waals surface area contributed by atoms with Crippen LogP contribution in [0.15, 0.2) is 85.1 Å². The number of rotatable bonds is 7. The minimum Gasteiger partial charge on any atom is -0.488 e. The Labute approximate surface area is 178 Å². The van der Waals surface area contributed by atoms with Gasteiger partial charge in [-0.2, -0.15) is 0 Å². The zero-order chi connectivity index (χ0) is 21.6. The summed E-state index contributed by atoms with van der Waals surface area (Å²) in [5, 5.41) is 12.0. The van der Waals surface area contributed by atoms with Crippen molar-refractivity contribution in [1.82, 2.24) is 9.97 Å². The Hall–Kier alpha value is -4.26. The van der Waals surface area contributed by atoms with Gasteiger partial charge in [-0.1, -0.05) is 30.3 Å². The van der Waals surface area contributed by atoms with Crippen LogP contribution in [0.25, 0.3) is 11.3 Å². The van der Waals surface area contributed by atoms with E-state index in [0.29, 0.717) is 35.2 Å². The smallest absolute Gasteiger partial charge is 0.335 e. The fourth-order valence-electron chi connectivity index (χ4n) is 2.96. The van der Waals surface area contributed by atoms with Crippen LogP contribution in [0.2, 0.25) is 0 Å². The molecule has 1 heterocycles. The lowest BCUT2D eigenvalue weighted by Gasteiger charge is -2.12. The second-order valence-corrected chi connectivity index (χ2v) is 6.69. The van der Waals surface area contributed by atoms with Crippen molar-refractivity contribution in [3.8, 4) is 17.0 Å². The van der Waals surface area contributed by atoms with E-state index in [1.807, 2.05) is 30.3 Å². The van der Waals surface area contributed by atoms with Gasteiger partial charge >= 0.3 is 5.97 Å². The molecular weight excluding hydrogens is 397 g/mol. The number of carbonyl (C=O) groups is 1. The van der Waals surface area contributed by atoms with Gasteiger partial charge in [0.25, 0.3) is 0 Å². The number of halogens is 1. The van der Waals surface area contributed by atoms with Crippen molar-refractivity contribution < 1.29 is 19.0 Å². The molecule has 0 fully saturated rings. The number of ether oxygens (including phenoxy) is 1. The molecular formula is C24H18FN3O3. The van der Waals surface area contributed by atoms with Crippen LogP contribution in [-0.2, 0) is 6.61 Å². The van der Waals surface area contributed by atoms with Crippen LogP contribution in [0, 0.1) is 5.82 Å². The number of benzene rings is 3. The molecule has 4 rings (SSSR count). The van der Waals surface area contributed by atoms with Crippen LogP contribution in [-0.4, -0.2) is 21.0 Å². The molecule has 0 spiro atoms. The van der Waals surface area contributed by atoms with Gasteiger partial charge in [-0.25, -0.2) is 19.2 Å². The highest BCUT2D eigenvalue weighted by Gasteiger charge is 2.11. The number of aromatic nitrogens is 2. The summed E-state index contributed by atoms with van der Waals surface area (Å²) >= 11 is 0. The first-order chi connectivity index (χ1) is 15.1. The molecule has 0 aliphatic carbocycles. The standard InChI is InChI=1S/C24H18FN3O3/c25-18-8-11-20(22(14-18)31-15-16-4-2-1-3-5-16)21-12-13-26-24(28-21)27-19-9-6-17(7-10-19)23(29)30/h1-14H,15H2,(H,29,30)(H,26,27,28). The first-order valence-electron chi connectivity index (χ1n) is 9.48. The molecule has 2 N–H and O–H groups in total. The number of anilines is 2. The maximum atomic E-state index is 13.9. The van der Waals surface area contributed by atoms with Crippen molar-refractivity contribution in [2.75, 3.05) is 5.32 Å². The van der Waals surface area contributed by atoms with E-state index in [4.69, 9.17) is 9.84 Å². The third-order valence-electron chi connectivity index (χ3n) is 4.50. The largest absolute Gasteiger partial charge is 0.488 e. The van der Waals surface area contributed by atoms with Crippen molar-refractivity contribution in [2.24, 2.45) is 0 Å². The van der Waals surface area contributed by atoms with Crippen LogP contribution in [0.1, 0.15) is 15.9 Å². The highest BCUT2D eigenvalue weighted by Crippen LogP contribution is 2.31. The third kappa shape index (κ3) is 5.02. The summed E-state index contributed by atoms with van der Waals surface area (Å²) in [6, 6.07) is 21.9. The van der Waals surface area contributed by atoms with E-state index < -0.39 is 11.8 Å². The zero-order valence-corrected chi connectivity index (χ0v) is 16.3. The molecule has 31 heavy (non-hydrogen) atoms. The second kappa shape index (κ2) is 9.04. The Bertz CT molecular complexity index is 1200. The van der Waals surface area contributed by atoms with E-state index in [-0.39, 0.29) is 5.56 Å². The van der Waals surface area contributed by atoms with Gasteiger partial charge in [0.1, 0.15) is 18.2 Å². The van der Waals surface area contributed by atoms with Gasteiger partial charge in [-0.15, -0.1) is 0 Å². The minimum atomic E-state index is -0.996. The summed E-state index contributed by atoms with van der Waals surface area (Å²) in [7, 11) is 0. The number of carboxylic acids is 1. The highest BCUT2D eigenvalue weighted by molar-refractivity contribution is 5.88. The van der Waals surface area contributed by atoms with E-state index in [0.717, 1.165) is 5.56 Å². The van der Waals surface area contributed by atoms with Gasteiger partial charge in [0.05, 0.1) is 11.3 Å². The summed E-state index contributed by atoms with van der Waals surface area (Å²) in [6.07, 6.45) is 1.58. The first kappa shape index (κ1) is 20.0. The lowest BCUT2D eigenvalue weighted by molar-refractivity contribution is 0.0697. The molecule has 4 aromatic rings. The van der Waals surface area contributed by atoms with Gasteiger partial charge in [0, 0.05) is 23.5 Å². The van der Waals surface area contributed by atoms with Crippen molar-refractivity contribution in [3.63, 3.8) is 0 Å². The van der Waals surface area contributed by atoms with Gasteiger partial charge in [-0.05, 0) is 48.0 Å². The van der Waals surface area contributed by atoms with Crippen LogP contribution in [0.5, 0.6) is 5.75 Å². The average molecular weight is 415 g/mol. The van der Waals surface area contributed by atoms with E-state index in [1.165, 1.54) is 24.3 Å². The molecule has 0 unspecified atom stereocenters. The summed E-state index contributed by atoms with van der Waals surface area (Å²) in [5.74, 6) is -0.708. The van der Waals surface area contributed by atoms with Gasteiger partial charge < -0.3 is 15.2 Å². The Kier molecular flexibility index (Phi) is 5.84. The molecule has 0 amide bonds. The molecule has 0 radical (unpaired) electrons. The highest BCUT2D eigenvalue weighted by atomic mass is 19.1. The Morgan fingerprint density at radius 2 is 1.77 bits per heavy atom. The number of nitrogens with zero attached hydrogens (tertiary/aromatic N) is 2. The number of aromatic carboxylic acids is 1. The zero-order valence-electron chi connectivity index (χ0n) is 16.3. The molecule has 6 nitrogen and oxygen atoms in total. The molecule has 0 aliphatic rings. The monoisotopic (exact) mass is 415 g/mol. The summed E-state index contributed by atoms with van der Waals surface area (Å²) in [6.45, 7) is 0.295. The van der Waals surface area contributed by atoms with Crippen molar-refractivity contribution in [2.45, 2.75) is 6.61 Å². The molecule has 0 bridgehead atoms. The molecule has 0 aliphatic heterocycles. The fourth-order valence-corrected chi connectivity index (χ4v) is 2.96. The van der Waals surface area contributed by atoms with Crippen molar-refractivity contribution >= 4 is 17.6 Å². The van der Waals surface area contributed by atoms with Crippen molar-refractivity contribution in [1.29, 1.82) is 0 Å². The van der Waals surface area contributed by atoms with Crippen molar-refractivity contribution in [3.05, 3.63) is 102 Å². The van der Waals surface area contributed by atoms with Gasteiger partial charge in [0.2, 0.25) is 5.95 Å². The molecule has 0 atom stereocenters. The third-order valence-corrected chi connectivity index (χ3v) is 4.50. The van der Waals surface area contributed by atoms with E-state index >= 15 is 0 Å². The average Bonchev–Trinajstić information content (AvgIpc) is 2.79. The summed E-state index contributed by atoms with van der Waals surface area (Å²) in [5.41, 5.74) is 2.98. The van der Waals surface area contributed by atoms with Crippen LogP contribution in [0.3, 0.4) is 0 Å². The quantitative estimate of drug-likeness (QED) is 0.426. The Balaban J connectivity index is 1.57. The lowest BCUT2D eigenvalue weighted by Crippen LogP contribution is -2.01. The number of nitrogens with one attached hydrogen (secondary N) is 1. The fraction of sp³-hybridized carbons (Fsp3) is 0.0417. The lowest BCUT2D eigenvalue weighted by atomic mass is 10.1. The van der Waals surface area contributed by atoms with Crippen LogP contribution in [0.4, 0.5) is 16.0 Å². The first-order valence-corrected chi connectivity index (χ1v) is 9.48. The Morgan fingerprint density at radius 3 is 2.52 bits per heavy atom. The molecule has 1 aromatic heterocycles. The van der Waals surface area contributed by atoms with Crippen LogP contribution < -0.4 is 10.1 Å². The molecule has 0 saturated heterocycles. The van der Waals surface area contributed by atoms with E-state index in [2.05, 4.69) is 15.3 Å². The molecule has 7 heteroatoms. The molecule has 3 aromatic carbocycles. The number of hydrogen-bond acceptors (Lipinski definition) is 5. The Morgan fingerprint density at radius 1 is 1.00 bits per heavy atom. The predicted molar refractivity (Wildman–Crippen MR) is 115 cm³/mol.